The van der Waals surface area contributed by atoms with Crippen LogP contribution in [0.3, 0.4) is 0 Å². The lowest BCUT2D eigenvalue weighted by molar-refractivity contribution is 0.0876. The first-order valence-electron chi connectivity index (χ1n) is 7.05. The van der Waals surface area contributed by atoms with E-state index in [1.165, 1.54) is 0 Å². The molecular weight excluding hydrogens is 254 g/mol. The maximum Gasteiger partial charge on any atom is 0.271 e. The Kier molecular flexibility index (Phi) is 3.44. The Labute approximate surface area is 117 Å². The van der Waals surface area contributed by atoms with E-state index in [2.05, 4.69) is 10.3 Å². The van der Waals surface area contributed by atoms with E-state index in [4.69, 9.17) is 0 Å². The highest BCUT2D eigenvalue weighted by Crippen LogP contribution is 2.36. The normalized spacial score (nSPS) is 17.4. The summed E-state index contributed by atoms with van der Waals surface area (Å²) in [7, 11) is 0. The number of aliphatic hydroxyl groups is 1. The van der Waals surface area contributed by atoms with Crippen molar-refractivity contribution in [2.24, 2.45) is 5.41 Å². The number of pyridine rings is 1. The average molecular weight is 273 g/mol. The summed E-state index contributed by atoms with van der Waals surface area (Å²) in [5, 5.41) is 12.5. The molecule has 0 aliphatic heterocycles. The summed E-state index contributed by atoms with van der Waals surface area (Å²) in [6, 6.07) is 5.65. The van der Waals surface area contributed by atoms with Gasteiger partial charge in [-0.3, -0.25) is 4.79 Å². The molecule has 1 saturated carbocycles. The van der Waals surface area contributed by atoms with Gasteiger partial charge in [0.25, 0.3) is 5.91 Å². The minimum atomic E-state index is -0.173. The molecule has 0 radical (unpaired) electrons. The van der Waals surface area contributed by atoms with Crippen molar-refractivity contribution in [2.45, 2.75) is 25.7 Å². The molecule has 1 aliphatic carbocycles. The number of carbonyl (C=O) groups is 1. The molecule has 0 unspecified atom stereocenters. The van der Waals surface area contributed by atoms with Gasteiger partial charge in [-0.1, -0.05) is 18.9 Å². The van der Waals surface area contributed by atoms with Crippen LogP contribution < -0.4 is 5.32 Å². The van der Waals surface area contributed by atoms with Crippen LogP contribution >= 0.6 is 0 Å². The summed E-state index contributed by atoms with van der Waals surface area (Å²) >= 11 is 0. The Hall–Kier alpha value is -1.88. The lowest BCUT2D eigenvalue weighted by Crippen LogP contribution is -2.38. The van der Waals surface area contributed by atoms with Crippen LogP contribution in [0.1, 0.15) is 36.2 Å². The maximum atomic E-state index is 12.2. The molecule has 2 N–H and O–H groups in total. The predicted molar refractivity (Wildman–Crippen MR) is 75.5 cm³/mol. The molecule has 5 nitrogen and oxygen atoms in total. The molecule has 0 aromatic carbocycles. The Morgan fingerprint density at radius 3 is 2.90 bits per heavy atom. The summed E-state index contributed by atoms with van der Waals surface area (Å²) in [6.45, 7) is 0.661. The minimum Gasteiger partial charge on any atom is -0.396 e. The number of aliphatic hydroxyl groups excluding tert-OH is 1. The fourth-order valence-electron chi connectivity index (χ4n) is 2.92. The van der Waals surface area contributed by atoms with E-state index < -0.39 is 0 Å². The highest BCUT2D eigenvalue weighted by atomic mass is 16.3. The van der Waals surface area contributed by atoms with E-state index in [1.54, 1.807) is 6.20 Å². The van der Waals surface area contributed by atoms with Gasteiger partial charge in [-0.15, -0.1) is 0 Å². The van der Waals surface area contributed by atoms with E-state index in [-0.39, 0.29) is 17.9 Å². The fourth-order valence-corrected chi connectivity index (χ4v) is 2.92. The molecule has 2 aromatic heterocycles. The van der Waals surface area contributed by atoms with Gasteiger partial charge in [0.2, 0.25) is 0 Å². The molecule has 0 bridgehead atoms. The van der Waals surface area contributed by atoms with Crippen molar-refractivity contribution < 1.29 is 9.90 Å². The molecule has 1 amide bonds. The number of nitrogens with zero attached hydrogens (tertiary/aromatic N) is 2. The van der Waals surface area contributed by atoms with Crippen molar-refractivity contribution in [1.82, 2.24) is 14.7 Å². The molecule has 2 aromatic rings. The number of fused-ring (bicyclic) bond motifs is 1. The molecule has 2 heterocycles. The molecule has 0 saturated heterocycles. The summed E-state index contributed by atoms with van der Waals surface area (Å²) in [5.74, 6) is -0.173. The van der Waals surface area contributed by atoms with Crippen LogP contribution in [0.5, 0.6) is 0 Å². The number of nitrogens with one attached hydrogen (secondary N) is 1. The largest absolute Gasteiger partial charge is 0.396 e. The lowest BCUT2D eigenvalue weighted by atomic mass is 9.87. The third-order valence-electron chi connectivity index (χ3n) is 4.22. The number of hydrogen-bond acceptors (Lipinski definition) is 3. The van der Waals surface area contributed by atoms with Gasteiger partial charge in [-0.25, -0.2) is 4.98 Å². The zero-order valence-corrected chi connectivity index (χ0v) is 11.4. The second-order valence-electron chi connectivity index (χ2n) is 5.64. The highest BCUT2D eigenvalue weighted by Gasteiger charge is 2.33. The van der Waals surface area contributed by atoms with Gasteiger partial charge in [0.1, 0.15) is 11.3 Å². The second kappa shape index (κ2) is 5.25. The predicted octanol–water partition coefficient (Wildman–Crippen LogP) is 1.62. The van der Waals surface area contributed by atoms with E-state index in [0.29, 0.717) is 12.2 Å². The molecular formula is C15H19N3O2. The first-order chi connectivity index (χ1) is 9.72. The first-order valence-corrected chi connectivity index (χ1v) is 7.05. The third-order valence-corrected chi connectivity index (χ3v) is 4.22. The van der Waals surface area contributed by atoms with Crippen LogP contribution in [-0.4, -0.2) is 33.6 Å². The standard InChI is InChI=1S/C15H19N3O2/c19-11-15(6-2-3-7-15)10-16-14(20)12-9-18-8-4-1-5-13(18)17-12/h1,4-5,8-9,19H,2-3,6-7,10-11H2,(H,16,20). The average Bonchev–Trinajstić information content (AvgIpc) is 3.12. The number of hydrogen-bond donors (Lipinski definition) is 2. The Morgan fingerprint density at radius 1 is 1.40 bits per heavy atom. The SMILES string of the molecule is O=C(NCC1(CO)CCCC1)c1cn2ccccc2n1. The first kappa shape index (κ1) is 13.1. The van der Waals surface area contributed by atoms with E-state index in [9.17, 15) is 9.90 Å². The monoisotopic (exact) mass is 273 g/mol. The van der Waals surface area contributed by atoms with E-state index >= 15 is 0 Å². The summed E-state index contributed by atoms with van der Waals surface area (Å²) in [5.41, 5.74) is 1.05. The van der Waals surface area contributed by atoms with Crippen molar-refractivity contribution in [1.29, 1.82) is 0 Å². The van der Waals surface area contributed by atoms with Crippen LogP contribution in [0.4, 0.5) is 0 Å². The molecule has 20 heavy (non-hydrogen) atoms. The second-order valence-corrected chi connectivity index (χ2v) is 5.64. The molecule has 3 rings (SSSR count). The number of rotatable bonds is 4. The minimum absolute atomic E-state index is 0.130. The fraction of sp³-hybridized carbons (Fsp3) is 0.467. The van der Waals surface area contributed by atoms with E-state index in [0.717, 1.165) is 31.3 Å². The Bertz CT molecular complexity index is 581. The molecule has 106 valence electrons. The van der Waals surface area contributed by atoms with Crippen molar-refractivity contribution >= 4 is 11.6 Å². The number of aromatic nitrogens is 2. The molecule has 5 heteroatoms. The van der Waals surface area contributed by atoms with E-state index in [1.807, 2.05) is 28.8 Å². The quantitative estimate of drug-likeness (QED) is 0.889. The smallest absolute Gasteiger partial charge is 0.271 e. The summed E-state index contributed by atoms with van der Waals surface area (Å²) in [4.78, 5) is 16.5. The molecule has 0 atom stereocenters. The summed E-state index contributed by atoms with van der Waals surface area (Å²) < 4.78 is 1.83. The topological polar surface area (TPSA) is 66.6 Å². The number of amides is 1. The summed E-state index contributed by atoms with van der Waals surface area (Å²) in [6.07, 6.45) is 7.82. The zero-order chi connectivity index (χ0) is 14.0. The lowest BCUT2D eigenvalue weighted by Gasteiger charge is -2.26. The van der Waals surface area contributed by atoms with Crippen LogP contribution in [0, 0.1) is 5.41 Å². The van der Waals surface area contributed by atoms with Crippen molar-refractivity contribution in [3.63, 3.8) is 0 Å². The van der Waals surface area contributed by atoms with Gasteiger partial charge in [-0.05, 0) is 25.0 Å². The third kappa shape index (κ3) is 2.41. The highest BCUT2D eigenvalue weighted by molar-refractivity contribution is 5.92. The van der Waals surface area contributed by atoms with Crippen molar-refractivity contribution in [3.8, 4) is 0 Å². The molecule has 1 fully saturated rings. The maximum absolute atomic E-state index is 12.2. The zero-order valence-electron chi connectivity index (χ0n) is 11.4. The van der Waals surface area contributed by atoms with Gasteiger partial charge in [-0.2, -0.15) is 0 Å². The molecule has 0 spiro atoms. The number of carbonyl (C=O) groups excluding carboxylic acids is 1. The van der Waals surface area contributed by atoms with Gasteiger partial charge in [0.05, 0.1) is 6.61 Å². The van der Waals surface area contributed by atoms with Gasteiger partial charge < -0.3 is 14.8 Å². The van der Waals surface area contributed by atoms with Gasteiger partial charge >= 0.3 is 0 Å². The van der Waals surface area contributed by atoms with Crippen LogP contribution in [0.25, 0.3) is 5.65 Å². The van der Waals surface area contributed by atoms with Crippen molar-refractivity contribution in [2.75, 3.05) is 13.2 Å². The van der Waals surface area contributed by atoms with Crippen LogP contribution in [0.2, 0.25) is 0 Å². The Balaban J connectivity index is 1.69. The number of imidazole rings is 1. The van der Waals surface area contributed by atoms with Crippen LogP contribution in [-0.2, 0) is 0 Å². The van der Waals surface area contributed by atoms with Gasteiger partial charge in [0, 0.05) is 24.4 Å². The van der Waals surface area contributed by atoms with Gasteiger partial charge in [0.15, 0.2) is 0 Å². The Morgan fingerprint density at radius 2 is 2.20 bits per heavy atom. The van der Waals surface area contributed by atoms with Crippen LogP contribution in [0.15, 0.2) is 30.6 Å². The van der Waals surface area contributed by atoms with Crippen molar-refractivity contribution in [3.05, 3.63) is 36.3 Å². The molecule has 1 aliphatic rings.